The number of hydrogen-bond donors (Lipinski definition) is 1. The van der Waals surface area contributed by atoms with E-state index in [4.69, 9.17) is 16.8 Å². The summed E-state index contributed by atoms with van der Waals surface area (Å²) >= 11 is 9.23. The highest BCUT2D eigenvalue weighted by molar-refractivity contribution is 9.10. The monoisotopic (exact) mass is 366 g/mol. The first-order valence-electron chi connectivity index (χ1n) is 5.60. The molecule has 2 rings (SSSR count). The van der Waals surface area contributed by atoms with Crippen LogP contribution in [0, 0.1) is 0 Å². The molecule has 104 valence electrons. The Morgan fingerprint density at radius 1 is 1.32 bits per heavy atom. The molecule has 19 heavy (non-hydrogen) atoms. The van der Waals surface area contributed by atoms with Gasteiger partial charge in [0.15, 0.2) is 0 Å². The standard InChI is InChI=1S/C11H12BrClN2O3S/c12-8-1-2-11(10(13)7-8)19(17,18)15-5-3-9(14-16)4-6-15/h1-2,7,16H,3-6H2. The highest BCUT2D eigenvalue weighted by Crippen LogP contribution is 2.28. The predicted octanol–water partition coefficient (Wildman–Crippen LogP) is 2.72. The van der Waals surface area contributed by atoms with Gasteiger partial charge in [0.25, 0.3) is 0 Å². The van der Waals surface area contributed by atoms with Crippen LogP contribution in [0.4, 0.5) is 0 Å². The molecule has 1 fully saturated rings. The van der Waals surface area contributed by atoms with Crippen LogP contribution in [-0.2, 0) is 10.0 Å². The summed E-state index contributed by atoms with van der Waals surface area (Å²) in [6.07, 6.45) is 0.869. The van der Waals surface area contributed by atoms with Gasteiger partial charge in [-0.2, -0.15) is 4.31 Å². The van der Waals surface area contributed by atoms with Crippen molar-refractivity contribution >= 4 is 43.3 Å². The second-order valence-electron chi connectivity index (χ2n) is 4.15. The molecule has 0 saturated carbocycles. The number of oxime groups is 1. The molecular weight excluding hydrogens is 356 g/mol. The lowest BCUT2D eigenvalue weighted by molar-refractivity contribution is 0.310. The molecule has 5 nitrogen and oxygen atoms in total. The highest BCUT2D eigenvalue weighted by atomic mass is 79.9. The molecule has 0 radical (unpaired) electrons. The average molecular weight is 368 g/mol. The topological polar surface area (TPSA) is 70.0 Å². The van der Waals surface area contributed by atoms with Crippen LogP contribution in [0.3, 0.4) is 0 Å². The van der Waals surface area contributed by atoms with Gasteiger partial charge in [0.2, 0.25) is 10.0 Å². The number of hydrogen-bond acceptors (Lipinski definition) is 4. The second kappa shape index (κ2) is 5.78. The van der Waals surface area contributed by atoms with Gasteiger partial charge in [-0.15, -0.1) is 0 Å². The van der Waals surface area contributed by atoms with Gasteiger partial charge in [-0.25, -0.2) is 8.42 Å². The summed E-state index contributed by atoms with van der Waals surface area (Å²) in [6.45, 7) is 0.599. The van der Waals surface area contributed by atoms with Crippen molar-refractivity contribution in [1.29, 1.82) is 0 Å². The van der Waals surface area contributed by atoms with Crippen molar-refractivity contribution in [3.63, 3.8) is 0 Å². The minimum atomic E-state index is -3.60. The van der Waals surface area contributed by atoms with E-state index in [1.165, 1.54) is 10.4 Å². The molecule has 1 N–H and O–H groups in total. The molecule has 1 saturated heterocycles. The summed E-state index contributed by atoms with van der Waals surface area (Å²) in [7, 11) is -3.60. The van der Waals surface area contributed by atoms with Crippen molar-refractivity contribution in [2.75, 3.05) is 13.1 Å². The third kappa shape index (κ3) is 3.10. The first-order chi connectivity index (χ1) is 8.95. The summed E-state index contributed by atoms with van der Waals surface area (Å²) < 4.78 is 27.0. The van der Waals surface area contributed by atoms with Crippen molar-refractivity contribution < 1.29 is 13.6 Å². The fourth-order valence-electron chi connectivity index (χ4n) is 1.91. The lowest BCUT2D eigenvalue weighted by Gasteiger charge is -2.26. The highest BCUT2D eigenvalue weighted by Gasteiger charge is 2.29. The zero-order valence-corrected chi connectivity index (χ0v) is 13.0. The number of rotatable bonds is 2. The fraction of sp³-hybridized carbons (Fsp3) is 0.364. The van der Waals surface area contributed by atoms with E-state index >= 15 is 0 Å². The summed E-state index contributed by atoms with van der Waals surface area (Å²) in [5.74, 6) is 0. The van der Waals surface area contributed by atoms with E-state index in [2.05, 4.69) is 21.1 Å². The van der Waals surface area contributed by atoms with E-state index in [0.29, 0.717) is 31.6 Å². The zero-order chi connectivity index (χ0) is 14.0. The smallest absolute Gasteiger partial charge is 0.244 e. The van der Waals surface area contributed by atoms with E-state index in [9.17, 15) is 8.42 Å². The largest absolute Gasteiger partial charge is 0.411 e. The SMILES string of the molecule is O=S(=O)(c1ccc(Br)cc1Cl)N1CCC(=NO)CC1. The van der Waals surface area contributed by atoms with Crippen molar-refractivity contribution in [3.05, 3.63) is 27.7 Å². The molecule has 0 aliphatic carbocycles. The number of nitrogens with zero attached hydrogens (tertiary/aromatic N) is 2. The van der Waals surface area contributed by atoms with E-state index in [1.807, 2.05) is 0 Å². The molecule has 0 bridgehead atoms. The van der Waals surface area contributed by atoms with Gasteiger partial charge >= 0.3 is 0 Å². The maximum absolute atomic E-state index is 12.4. The minimum absolute atomic E-state index is 0.0988. The van der Waals surface area contributed by atoms with Crippen LogP contribution in [0.1, 0.15) is 12.8 Å². The molecule has 0 atom stereocenters. The zero-order valence-electron chi connectivity index (χ0n) is 9.88. The Morgan fingerprint density at radius 2 is 1.95 bits per heavy atom. The van der Waals surface area contributed by atoms with Crippen LogP contribution in [-0.4, -0.2) is 36.7 Å². The van der Waals surface area contributed by atoms with Crippen LogP contribution < -0.4 is 0 Å². The number of sulfonamides is 1. The maximum atomic E-state index is 12.4. The van der Waals surface area contributed by atoms with Crippen molar-refractivity contribution in [2.45, 2.75) is 17.7 Å². The molecular formula is C11H12BrClN2O3S. The van der Waals surface area contributed by atoms with Gasteiger partial charge in [0, 0.05) is 30.4 Å². The van der Waals surface area contributed by atoms with Crippen molar-refractivity contribution in [1.82, 2.24) is 4.31 Å². The molecule has 0 amide bonds. The van der Waals surface area contributed by atoms with Gasteiger partial charge in [0.1, 0.15) is 4.90 Å². The number of halogens is 2. The first-order valence-corrected chi connectivity index (χ1v) is 8.21. The van der Waals surface area contributed by atoms with E-state index in [0.717, 1.165) is 4.47 Å². The van der Waals surface area contributed by atoms with Gasteiger partial charge in [0.05, 0.1) is 10.7 Å². The number of benzene rings is 1. The van der Waals surface area contributed by atoms with Crippen LogP contribution >= 0.6 is 27.5 Å². The van der Waals surface area contributed by atoms with Crippen LogP contribution in [0.5, 0.6) is 0 Å². The van der Waals surface area contributed by atoms with Crippen molar-refractivity contribution in [3.8, 4) is 0 Å². The molecule has 1 heterocycles. The van der Waals surface area contributed by atoms with Crippen LogP contribution in [0.2, 0.25) is 5.02 Å². The fourth-order valence-corrected chi connectivity index (χ4v) is 4.36. The Kier molecular flexibility index (Phi) is 4.50. The van der Waals surface area contributed by atoms with Gasteiger partial charge in [-0.05, 0) is 18.2 Å². The summed E-state index contributed by atoms with van der Waals surface area (Å²) in [5, 5.41) is 12.0. The third-order valence-electron chi connectivity index (χ3n) is 2.95. The van der Waals surface area contributed by atoms with E-state index < -0.39 is 10.0 Å². The first kappa shape index (κ1) is 14.8. The summed E-state index contributed by atoms with van der Waals surface area (Å²) in [5.41, 5.74) is 0.619. The van der Waals surface area contributed by atoms with Crippen LogP contribution in [0.25, 0.3) is 0 Å². The van der Waals surface area contributed by atoms with Gasteiger partial charge in [-0.3, -0.25) is 0 Å². The average Bonchev–Trinajstić information content (AvgIpc) is 2.38. The molecule has 1 aliphatic heterocycles. The quantitative estimate of drug-likeness (QED) is 0.645. The van der Waals surface area contributed by atoms with Gasteiger partial charge in [-0.1, -0.05) is 32.7 Å². The predicted molar refractivity (Wildman–Crippen MR) is 76.4 cm³/mol. The lowest BCUT2D eigenvalue weighted by atomic mass is 10.1. The Morgan fingerprint density at radius 3 is 2.47 bits per heavy atom. The van der Waals surface area contributed by atoms with E-state index in [1.54, 1.807) is 12.1 Å². The normalized spacial score (nSPS) is 17.5. The third-order valence-corrected chi connectivity index (χ3v) is 5.83. The van der Waals surface area contributed by atoms with Crippen LogP contribution in [0.15, 0.2) is 32.7 Å². The van der Waals surface area contributed by atoms with Gasteiger partial charge < -0.3 is 5.21 Å². The van der Waals surface area contributed by atoms with E-state index in [-0.39, 0.29) is 9.92 Å². The maximum Gasteiger partial charge on any atom is 0.244 e. The molecule has 8 heteroatoms. The summed E-state index contributed by atoms with van der Waals surface area (Å²) in [6, 6.07) is 4.68. The number of piperidine rings is 1. The van der Waals surface area contributed by atoms with Crippen molar-refractivity contribution in [2.24, 2.45) is 5.16 Å². The Labute approximate surface area is 125 Å². The molecule has 0 unspecified atom stereocenters. The second-order valence-corrected chi connectivity index (χ2v) is 7.37. The Bertz CT molecular complexity index is 608. The Hall–Kier alpha value is -0.630. The minimum Gasteiger partial charge on any atom is -0.411 e. The summed E-state index contributed by atoms with van der Waals surface area (Å²) in [4.78, 5) is 0.0988. The Balaban J connectivity index is 2.28. The lowest BCUT2D eigenvalue weighted by Crippen LogP contribution is -2.38. The molecule has 0 aromatic heterocycles. The molecule has 1 aliphatic rings. The molecule has 1 aromatic carbocycles. The molecule has 1 aromatic rings. The molecule has 0 spiro atoms.